The molecule has 0 bridgehead atoms. The van der Waals surface area contributed by atoms with Crippen LogP contribution >= 0.6 is 0 Å². The second-order valence-corrected chi connectivity index (χ2v) is 10.7. The molecule has 0 amide bonds. The summed E-state index contributed by atoms with van der Waals surface area (Å²) >= 11 is 0. The van der Waals surface area contributed by atoms with Gasteiger partial charge in [0.05, 0.1) is 0 Å². The predicted octanol–water partition coefficient (Wildman–Crippen LogP) is 9.84. The molecule has 1 aromatic carbocycles. The summed E-state index contributed by atoms with van der Waals surface area (Å²) in [5, 5.41) is 0. The lowest BCUT2D eigenvalue weighted by atomic mass is 9.77. The number of allylic oxidation sites excluding steroid dienone is 2. The van der Waals surface area contributed by atoms with Gasteiger partial charge in [-0.15, -0.1) is 0 Å². The summed E-state index contributed by atoms with van der Waals surface area (Å²) in [6.07, 6.45) is 27.0. The van der Waals surface area contributed by atoms with Crippen LogP contribution in [0.3, 0.4) is 0 Å². The molecule has 1 aromatic rings. The van der Waals surface area contributed by atoms with Crippen LogP contribution in [-0.4, -0.2) is 0 Å². The Morgan fingerprint density at radius 3 is 2.00 bits per heavy atom. The van der Waals surface area contributed by atoms with Crippen molar-refractivity contribution >= 4 is 0 Å². The second kappa shape index (κ2) is 14.6. The van der Waals surface area contributed by atoms with E-state index in [1.807, 2.05) is 0 Å². The second-order valence-electron chi connectivity index (χ2n) is 10.7. The highest BCUT2D eigenvalue weighted by Gasteiger charge is 2.22. The summed E-state index contributed by atoms with van der Waals surface area (Å²) in [6, 6.07) is 9.16. The average molecular weight is 433 g/mol. The van der Waals surface area contributed by atoms with Crippen LogP contribution < -0.4 is 0 Å². The van der Waals surface area contributed by atoms with Crippen LogP contribution in [0.4, 0.5) is 0 Å². The van der Waals surface area contributed by atoms with Gasteiger partial charge in [-0.2, -0.15) is 0 Å². The van der Waals surface area contributed by atoms with Gasteiger partial charge in [0.1, 0.15) is 0 Å². The van der Waals surface area contributed by atoms with Gasteiger partial charge in [-0.25, -0.2) is 0 Å². The van der Waals surface area contributed by atoms with E-state index in [0.29, 0.717) is 0 Å². The Kier molecular flexibility index (Phi) is 11.5. The first-order valence-corrected chi connectivity index (χ1v) is 14.1. The van der Waals surface area contributed by atoms with Crippen molar-refractivity contribution < 1.29 is 0 Å². The Morgan fingerprint density at radius 2 is 1.34 bits per heavy atom. The quantitative estimate of drug-likeness (QED) is 0.255. The molecular formula is C32H48. The predicted molar refractivity (Wildman–Crippen MR) is 141 cm³/mol. The maximum absolute atomic E-state index is 3.36. The van der Waals surface area contributed by atoms with Gasteiger partial charge < -0.3 is 0 Å². The first-order chi connectivity index (χ1) is 15.8. The molecule has 0 aromatic heterocycles. The highest BCUT2D eigenvalue weighted by atomic mass is 14.3. The van der Waals surface area contributed by atoms with Gasteiger partial charge in [-0.3, -0.25) is 0 Å². The van der Waals surface area contributed by atoms with E-state index in [9.17, 15) is 0 Å². The summed E-state index contributed by atoms with van der Waals surface area (Å²) in [6.45, 7) is 4.61. The minimum atomic E-state index is 0.756. The third-order valence-electron chi connectivity index (χ3n) is 8.22. The fourth-order valence-electron chi connectivity index (χ4n) is 5.95. The maximum atomic E-state index is 3.36. The van der Waals surface area contributed by atoms with Crippen molar-refractivity contribution in [3.05, 3.63) is 47.5 Å². The fourth-order valence-corrected chi connectivity index (χ4v) is 5.95. The molecule has 0 unspecified atom stereocenters. The first-order valence-electron chi connectivity index (χ1n) is 14.1. The minimum Gasteiger partial charge on any atom is -0.0730 e. The highest BCUT2D eigenvalue weighted by Crippen LogP contribution is 2.37. The molecule has 176 valence electrons. The number of benzene rings is 1. The molecule has 0 radical (unpaired) electrons. The van der Waals surface area contributed by atoms with Crippen LogP contribution in [0.25, 0.3) is 0 Å². The SMILES string of the molecule is CCCCCC[C@H]1CC[C@H](C=CC#Cc2ccc([C@H]3CC[C@H](CCCC)CC3)cc2)CC1. The van der Waals surface area contributed by atoms with E-state index in [4.69, 9.17) is 0 Å². The molecule has 0 atom stereocenters. The van der Waals surface area contributed by atoms with Crippen molar-refractivity contribution in [1.29, 1.82) is 0 Å². The lowest BCUT2D eigenvalue weighted by Gasteiger charge is -2.28. The number of hydrogen-bond donors (Lipinski definition) is 0. The van der Waals surface area contributed by atoms with E-state index < -0.39 is 0 Å². The number of rotatable bonds is 10. The normalized spacial score (nSPS) is 26.1. The molecule has 0 saturated heterocycles. The lowest BCUT2D eigenvalue weighted by molar-refractivity contribution is 0.289. The van der Waals surface area contributed by atoms with Crippen molar-refractivity contribution in [3.63, 3.8) is 0 Å². The van der Waals surface area contributed by atoms with E-state index in [2.05, 4.69) is 62.1 Å². The van der Waals surface area contributed by atoms with Gasteiger partial charge in [-0.05, 0) is 98.8 Å². The van der Waals surface area contributed by atoms with E-state index in [-0.39, 0.29) is 0 Å². The molecular weight excluding hydrogens is 384 g/mol. The summed E-state index contributed by atoms with van der Waals surface area (Å²) in [7, 11) is 0. The third-order valence-corrected chi connectivity index (χ3v) is 8.22. The molecule has 2 saturated carbocycles. The van der Waals surface area contributed by atoms with Crippen LogP contribution in [0.15, 0.2) is 36.4 Å². The Morgan fingerprint density at radius 1 is 0.719 bits per heavy atom. The molecule has 2 aliphatic carbocycles. The van der Waals surface area contributed by atoms with Crippen LogP contribution in [0, 0.1) is 29.6 Å². The molecule has 2 fully saturated rings. The van der Waals surface area contributed by atoms with Crippen molar-refractivity contribution in [2.24, 2.45) is 17.8 Å². The molecule has 0 nitrogen and oxygen atoms in total. The molecule has 32 heavy (non-hydrogen) atoms. The van der Waals surface area contributed by atoms with Crippen LogP contribution in [-0.2, 0) is 0 Å². The van der Waals surface area contributed by atoms with Gasteiger partial charge in [-0.1, -0.05) is 95.3 Å². The molecule has 2 aliphatic rings. The molecule has 3 rings (SSSR count). The fraction of sp³-hybridized carbons (Fsp3) is 0.688. The average Bonchev–Trinajstić information content (AvgIpc) is 2.85. The van der Waals surface area contributed by atoms with E-state index in [1.54, 1.807) is 0 Å². The summed E-state index contributed by atoms with van der Waals surface area (Å²) in [5.74, 6) is 10.2. The molecule has 0 N–H and O–H groups in total. The van der Waals surface area contributed by atoms with Gasteiger partial charge in [0.25, 0.3) is 0 Å². The van der Waals surface area contributed by atoms with E-state index in [1.165, 1.54) is 108 Å². The van der Waals surface area contributed by atoms with Gasteiger partial charge >= 0.3 is 0 Å². The van der Waals surface area contributed by atoms with Crippen molar-refractivity contribution in [2.75, 3.05) is 0 Å². The Hall–Kier alpha value is -1.48. The highest BCUT2D eigenvalue weighted by molar-refractivity contribution is 5.39. The maximum Gasteiger partial charge on any atom is 0.0249 e. The largest absolute Gasteiger partial charge is 0.0730 e. The summed E-state index contributed by atoms with van der Waals surface area (Å²) < 4.78 is 0. The lowest BCUT2D eigenvalue weighted by Crippen LogP contribution is -2.13. The van der Waals surface area contributed by atoms with Gasteiger partial charge in [0.2, 0.25) is 0 Å². The Balaban J connectivity index is 1.36. The zero-order valence-corrected chi connectivity index (χ0v) is 21.1. The van der Waals surface area contributed by atoms with E-state index >= 15 is 0 Å². The van der Waals surface area contributed by atoms with Crippen LogP contribution in [0.1, 0.15) is 134 Å². The first kappa shape index (κ1) is 25.1. The van der Waals surface area contributed by atoms with Crippen LogP contribution in [0.2, 0.25) is 0 Å². The van der Waals surface area contributed by atoms with Crippen molar-refractivity contribution in [2.45, 2.75) is 122 Å². The number of hydrogen-bond acceptors (Lipinski definition) is 0. The number of unbranched alkanes of at least 4 members (excludes halogenated alkanes) is 4. The summed E-state index contributed by atoms with van der Waals surface area (Å²) in [5.41, 5.74) is 2.69. The summed E-state index contributed by atoms with van der Waals surface area (Å²) in [4.78, 5) is 0. The smallest absolute Gasteiger partial charge is 0.0249 e. The monoisotopic (exact) mass is 432 g/mol. The third kappa shape index (κ3) is 8.81. The van der Waals surface area contributed by atoms with Crippen LogP contribution in [0.5, 0.6) is 0 Å². The molecule has 0 aliphatic heterocycles. The zero-order chi connectivity index (χ0) is 22.4. The minimum absolute atomic E-state index is 0.756. The van der Waals surface area contributed by atoms with Gasteiger partial charge in [0, 0.05) is 5.56 Å². The van der Waals surface area contributed by atoms with E-state index in [0.717, 1.165) is 29.2 Å². The van der Waals surface area contributed by atoms with Crippen molar-refractivity contribution in [3.8, 4) is 11.8 Å². The topological polar surface area (TPSA) is 0 Å². The van der Waals surface area contributed by atoms with Gasteiger partial charge in [0.15, 0.2) is 0 Å². The standard InChI is InChI=1S/C32H48/c1-3-5-7-8-12-28-15-17-29(18-16-28)13-9-10-14-30-21-25-32(26-22-30)31-23-19-27(20-24-31)11-6-4-2/h9,13,21-22,25-29,31H,3-8,11-12,15-20,23-24H2,1-2H3/t27-,28-,29-,31-. The molecule has 0 heteroatoms. The van der Waals surface area contributed by atoms with Crippen molar-refractivity contribution in [1.82, 2.24) is 0 Å². The molecule has 0 spiro atoms. The molecule has 0 heterocycles. The Labute approximate surface area is 199 Å². The Bertz CT molecular complexity index is 697. The zero-order valence-electron chi connectivity index (χ0n) is 21.1.